The van der Waals surface area contributed by atoms with Crippen LogP contribution in [0.15, 0.2) is 30.8 Å². The van der Waals surface area contributed by atoms with Crippen LogP contribution in [0.4, 0.5) is 18.9 Å². The zero-order chi connectivity index (χ0) is 23.6. The Hall–Kier alpha value is -2.61. The average molecular weight is 461 g/mol. The van der Waals surface area contributed by atoms with Gasteiger partial charge in [-0.25, -0.2) is 0 Å². The van der Waals surface area contributed by atoms with Crippen LogP contribution in [-0.4, -0.2) is 54.7 Å². The number of hydrogen-bond acceptors (Lipinski definition) is 4. The van der Waals surface area contributed by atoms with Gasteiger partial charge in [-0.15, -0.1) is 0 Å². The first-order chi connectivity index (χ1) is 15.7. The SMILES string of the molecule is C=C(c1nc(CCCNC(=O)C2CC2)cc2c(NC3CCN(C)CC3)cccc12)C(F)(F)F. The lowest BCUT2D eigenvalue weighted by Gasteiger charge is -2.30. The van der Waals surface area contributed by atoms with Crippen molar-refractivity contribution in [2.75, 3.05) is 32.0 Å². The van der Waals surface area contributed by atoms with Gasteiger partial charge in [-0.05, 0) is 70.8 Å². The molecule has 1 saturated heterocycles. The van der Waals surface area contributed by atoms with Crippen molar-refractivity contribution in [1.29, 1.82) is 0 Å². The van der Waals surface area contributed by atoms with E-state index in [1.165, 1.54) is 0 Å². The molecule has 2 aliphatic rings. The molecule has 33 heavy (non-hydrogen) atoms. The van der Waals surface area contributed by atoms with Crippen LogP contribution in [0.1, 0.15) is 43.5 Å². The normalized spacial score (nSPS) is 17.8. The number of halogens is 3. The van der Waals surface area contributed by atoms with Crippen molar-refractivity contribution >= 4 is 27.9 Å². The fraction of sp³-hybridized carbons (Fsp3) is 0.520. The molecule has 1 aliphatic carbocycles. The maximum absolute atomic E-state index is 13.6. The number of rotatable bonds is 8. The van der Waals surface area contributed by atoms with Gasteiger partial charge in [0.25, 0.3) is 0 Å². The number of nitrogens with one attached hydrogen (secondary N) is 2. The van der Waals surface area contributed by atoms with Crippen LogP contribution < -0.4 is 10.6 Å². The summed E-state index contributed by atoms with van der Waals surface area (Å²) in [5, 5.41) is 7.63. The molecule has 1 amide bonds. The molecule has 1 saturated carbocycles. The van der Waals surface area contributed by atoms with E-state index in [0.717, 1.165) is 49.8 Å². The molecule has 0 spiro atoms. The minimum absolute atomic E-state index is 0.0669. The van der Waals surface area contributed by atoms with E-state index >= 15 is 0 Å². The molecule has 2 N–H and O–H groups in total. The van der Waals surface area contributed by atoms with E-state index in [9.17, 15) is 18.0 Å². The van der Waals surface area contributed by atoms with Gasteiger partial charge in [0.15, 0.2) is 0 Å². The highest BCUT2D eigenvalue weighted by Gasteiger charge is 2.35. The predicted molar refractivity (Wildman–Crippen MR) is 125 cm³/mol. The van der Waals surface area contributed by atoms with Crippen molar-refractivity contribution in [2.24, 2.45) is 5.92 Å². The number of benzene rings is 1. The van der Waals surface area contributed by atoms with Crippen molar-refractivity contribution in [3.63, 3.8) is 0 Å². The fourth-order valence-electron chi connectivity index (χ4n) is 4.29. The lowest BCUT2D eigenvalue weighted by Crippen LogP contribution is -2.36. The second kappa shape index (κ2) is 9.71. The van der Waals surface area contributed by atoms with E-state index in [1.54, 1.807) is 12.1 Å². The average Bonchev–Trinajstić information content (AvgIpc) is 3.62. The number of carbonyl (C=O) groups is 1. The number of alkyl halides is 3. The van der Waals surface area contributed by atoms with E-state index < -0.39 is 11.7 Å². The molecule has 0 unspecified atom stereocenters. The van der Waals surface area contributed by atoms with E-state index in [-0.39, 0.29) is 23.6 Å². The Morgan fingerprint density at radius 2 is 1.91 bits per heavy atom. The van der Waals surface area contributed by atoms with E-state index in [1.807, 2.05) is 12.1 Å². The third-order valence-electron chi connectivity index (χ3n) is 6.49. The number of aromatic nitrogens is 1. The largest absolute Gasteiger partial charge is 0.417 e. The summed E-state index contributed by atoms with van der Waals surface area (Å²) in [7, 11) is 2.09. The molecule has 1 aliphatic heterocycles. The molecule has 1 aromatic heterocycles. The minimum atomic E-state index is -4.56. The van der Waals surface area contributed by atoms with Gasteiger partial charge in [0.05, 0.1) is 11.3 Å². The Balaban J connectivity index is 1.59. The molecule has 1 aromatic carbocycles. The van der Waals surface area contributed by atoms with Gasteiger partial charge < -0.3 is 15.5 Å². The summed E-state index contributed by atoms with van der Waals surface area (Å²) in [5.74, 6) is 0.205. The Kier molecular flexibility index (Phi) is 6.93. The van der Waals surface area contributed by atoms with Crippen LogP contribution >= 0.6 is 0 Å². The van der Waals surface area contributed by atoms with Gasteiger partial charge in [0.1, 0.15) is 0 Å². The van der Waals surface area contributed by atoms with Crippen LogP contribution in [-0.2, 0) is 11.2 Å². The monoisotopic (exact) mass is 460 g/mol. The van der Waals surface area contributed by atoms with Crippen molar-refractivity contribution in [3.8, 4) is 0 Å². The number of piperidine rings is 1. The highest BCUT2D eigenvalue weighted by atomic mass is 19.4. The van der Waals surface area contributed by atoms with Gasteiger partial charge in [0, 0.05) is 40.7 Å². The maximum atomic E-state index is 13.6. The molecule has 2 heterocycles. The molecule has 8 heteroatoms. The molecule has 4 rings (SSSR count). The number of fused-ring (bicyclic) bond motifs is 1. The van der Waals surface area contributed by atoms with Crippen molar-refractivity contribution in [1.82, 2.24) is 15.2 Å². The first-order valence-corrected chi connectivity index (χ1v) is 11.6. The minimum Gasteiger partial charge on any atom is -0.382 e. The molecule has 2 fully saturated rings. The first-order valence-electron chi connectivity index (χ1n) is 11.6. The van der Waals surface area contributed by atoms with Crippen molar-refractivity contribution in [3.05, 3.63) is 42.2 Å². The van der Waals surface area contributed by atoms with E-state index in [0.29, 0.717) is 30.5 Å². The summed E-state index contributed by atoms with van der Waals surface area (Å²) >= 11 is 0. The zero-order valence-electron chi connectivity index (χ0n) is 19.0. The van der Waals surface area contributed by atoms with Gasteiger partial charge >= 0.3 is 6.18 Å². The number of amides is 1. The second-order valence-corrected chi connectivity index (χ2v) is 9.23. The summed E-state index contributed by atoms with van der Waals surface area (Å²) in [5.41, 5.74) is 0.335. The number of hydrogen-bond donors (Lipinski definition) is 2. The molecule has 0 radical (unpaired) electrons. The molecule has 2 aromatic rings. The van der Waals surface area contributed by atoms with E-state index in [4.69, 9.17) is 0 Å². The zero-order valence-corrected chi connectivity index (χ0v) is 19.0. The smallest absolute Gasteiger partial charge is 0.382 e. The van der Waals surface area contributed by atoms with Crippen LogP contribution in [0.3, 0.4) is 0 Å². The van der Waals surface area contributed by atoms with Gasteiger partial charge in [-0.1, -0.05) is 18.7 Å². The highest BCUT2D eigenvalue weighted by Crippen LogP contribution is 2.37. The van der Waals surface area contributed by atoms with Crippen molar-refractivity contribution in [2.45, 2.75) is 50.7 Å². The third kappa shape index (κ3) is 5.85. The Morgan fingerprint density at radius 1 is 1.18 bits per heavy atom. The number of allylic oxidation sites excluding steroid dienone is 1. The number of pyridine rings is 1. The Morgan fingerprint density at radius 3 is 2.58 bits per heavy atom. The summed E-state index contributed by atoms with van der Waals surface area (Å²) in [4.78, 5) is 18.5. The second-order valence-electron chi connectivity index (χ2n) is 9.23. The van der Waals surface area contributed by atoms with Gasteiger partial charge in [-0.3, -0.25) is 9.78 Å². The summed E-state index contributed by atoms with van der Waals surface area (Å²) in [6.07, 6.45) is 0.360. The number of nitrogens with zero attached hydrogens (tertiary/aromatic N) is 2. The summed E-state index contributed by atoms with van der Waals surface area (Å²) < 4.78 is 40.7. The molecular weight excluding hydrogens is 429 g/mol. The molecule has 178 valence electrons. The number of carbonyl (C=O) groups excluding carboxylic acids is 1. The number of anilines is 1. The molecule has 0 bridgehead atoms. The Labute approximate surface area is 192 Å². The predicted octanol–water partition coefficient (Wildman–Crippen LogP) is 4.78. The van der Waals surface area contributed by atoms with Crippen LogP contribution in [0, 0.1) is 5.92 Å². The Bertz CT molecular complexity index is 1020. The quantitative estimate of drug-likeness (QED) is 0.557. The standard InChI is InChI=1S/C25H31F3N4O/c1-16(25(26,27)28)23-20-6-3-7-22(30-18-10-13-32(2)14-11-18)21(20)15-19(31-23)5-4-12-29-24(33)17-8-9-17/h3,6-7,15,17-18,30H,1,4-5,8-14H2,2H3,(H,29,33). The summed E-state index contributed by atoms with van der Waals surface area (Å²) in [6, 6.07) is 7.51. The number of aryl methyl sites for hydroxylation is 1. The van der Waals surface area contributed by atoms with Gasteiger partial charge in [-0.2, -0.15) is 13.2 Å². The van der Waals surface area contributed by atoms with Crippen molar-refractivity contribution < 1.29 is 18.0 Å². The lowest BCUT2D eigenvalue weighted by atomic mass is 9.99. The fourth-order valence-corrected chi connectivity index (χ4v) is 4.29. The molecule has 5 nitrogen and oxygen atoms in total. The molecular formula is C25H31F3N4O. The number of likely N-dealkylation sites (tertiary alicyclic amines) is 1. The van der Waals surface area contributed by atoms with Crippen LogP contribution in [0.25, 0.3) is 16.3 Å². The maximum Gasteiger partial charge on any atom is 0.417 e. The first kappa shape index (κ1) is 23.5. The van der Waals surface area contributed by atoms with Gasteiger partial charge in [0.2, 0.25) is 5.91 Å². The molecule has 0 atom stereocenters. The lowest BCUT2D eigenvalue weighted by molar-refractivity contribution is -0.122. The topological polar surface area (TPSA) is 57.3 Å². The highest BCUT2D eigenvalue weighted by molar-refractivity contribution is 6.00. The summed E-state index contributed by atoms with van der Waals surface area (Å²) in [6.45, 7) is 5.77. The van der Waals surface area contributed by atoms with Crippen LogP contribution in [0.2, 0.25) is 0 Å². The van der Waals surface area contributed by atoms with E-state index in [2.05, 4.69) is 34.1 Å². The third-order valence-corrected chi connectivity index (χ3v) is 6.49. The van der Waals surface area contributed by atoms with Crippen LogP contribution in [0.5, 0.6) is 0 Å².